The molecule has 0 unspecified atom stereocenters. The highest BCUT2D eigenvalue weighted by Gasteiger charge is 2.49. The van der Waals surface area contributed by atoms with Gasteiger partial charge in [0.1, 0.15) is 0 Å². The lowest BCUT2D eigenvalue weighted by molar-refractivity contribution is -0.0499. The van der Waals surface area contributed by atoms with Crippen LogP contribution in [0.15, 0.2) is 24.3 Å². The average Bonchev–Trinajstić information content (AvgIpc) is 3.35. The van der Waals surface area contributed by atoms with E-state index in [9.17, 15) is 21.6 Å². The lowest BCUT2D eigenvalue weighted by Gasteiger charge is -2.17. The van der Waals surface area contributed by atoms with Crippen molar-refractivity contribution < 1.29 is 25.8 Å². The number of rotatable bonds is 3. The first-order valence-corrected chi connectivity index (χ1v) is 9.61. The molecule has 0 radical (unpaired) electrons. The molecule has 0 atom stereocenters. The van der Waals surface area contributed by atoms with Crippen molar-refractivity contribution >= 4 is 20.9 Å². The second-order valence-corrected chi connectivity index (χ2v) is 7.86. The monoisotopic (exact) mass is 382 g/mol. The van der Waals surface area contributed by atoms with E-state index in [1.54, 1.807) is 32.0 Å². The summed E-state index contributed by atoms with van der Waals surface area (Å²) in [7, 11) is -5.74. The predicted molar refractivity (Wildman–Crippen MR) is 93.3 cm³/mol. The van der Waals surface area contributed by atoms with Gasteiger partial charge in [-0.3, -0.25) is 0 Å². The summed E-state index contributed by atoms with van der Waals surface area (Å²) < 4.78 is 65.9. The van der Waals surface area contributed by atoms with E-state index in [1.165, 1.54) is 0 Å². The largest absolute Gasteiger partial charge is 0.534 e. The summed E-state index contributed by atoms with van der Waals surface area (Å²) in [5.41, 5.74) is -3.65. The molecule has 0 heterocycles. The molecule has 1 saturated carbocycles. The van der Waals surface area contributed by atoms with E-state index in [1.807, 2.05) is 6.07 Å². The molecule has 1 aliphatic carbocycles. The standard InChI is InChI=1S/C19H17F3O3S/c1-3-16-12(2)10-15-11-14(7-6-13-4-5-13)8-9-17(15)18(16)25-26(23,24)19(20,21)22/h8-11,13H,3-5H2,1-2H3. The fourth-order valence-corrected chi connectivity index (χ4v) is 3.24. The molecule has 0 saturated heterocycles. The van der Waals surface area contributed by atoms with Crippen molar-refractivity contribution in [2.45, 2.75) is 38.6 Å². The van der Waals surface area contributed by atoms with E-state index in [-0.39, 0.29) is 5.75 Å². The van der Waals surface area contributed by atoms with Gasteiger partial charge in [0, 0.05) is 16.9 Å². The highest BCUT2D eigenvalue weighted by atomic mass is 32.2. The third kappa shape index (κ3) is 3.65. The van der Waals surface area contributed by atoms with Gasteiger partial charge in [-0.25, -0.2) is 0 Å². The molecule has 2 aromatic carbocycles. The normalized spacial score (nSPS) is 14.8. The van der Waals surface area contributed by atoms with E-state index in [4.69, 9.17) is 0 Å². The smallest absolute Gasteiger partial charge is 0.375 e. The van der Waals surface area contributed by atoms with Crippen LogP contribution in [-0.2, 0) is 16.5 Å². The van der Waals surface area contributed by atoms with Crippen LogP contribution in [0.1, 0.15) is 36.5 Å². The minimum Gasteiger partial charge on any atom is -0.375 e. The molecule has 0 N–H and O–H groups in total. The van der Waals surface area contributed by atoms with Gasteiger partial charge in [-0.1, -0.05) is 24.8 Å². The molecule has 26 heavy (non-hydrogen) atoms. The first-order chi connectivity index (χ1) is 12.1. The van der Waals surface area contributed by atoms with Gasteiger partial charge in [0.15, 0.2) is 5.75 Å². The highest BCUT2D eigenvalue weighted by Crippen LogP contribution is 2.37. The van der Waals surface area contributed by atoms with Crippen LogP contribution in [0.4, 0.5) is 13.2 Å². The van der Waals surface area contributed by atoms with E-state index < -0.39 is 15.6 Å². The van der Waals surface area contributed by atoms with Gasteiger partial charge in [-0.2, -0.15) is 21.6 Å². The summed E-state index contributed by atoms with van der Waals surface area (Å²) in [6, 6.07) is 6.78. The molecule has 0 amide bonds. The zero-order valence-electron chi connectivity index (χ0n) is 14.3. The van der Waals surface area contributed by atoms with Gasteiger partial charge in [0.05, 0.1) is 0 Å². The number of hydrogen-bond acceptors (Lipinski definition) is 3. The molecule has 0 aromatic heterocycles. The topological polar surface area (TPSA) is 43.4 Å². The molecular weight excluding hydrogens is 365 g/mol. The highest BCUT2D eigenvalue weighted by molar-refractivity contribution is 7.88. The zero-order valence-corrected chi connectivity index (χ0v) is 15.1. The molecule has 7 heteroatoms. The number of aryl methyl sites for hydroxylation is 1. The summed E-state index contributed by atoms with van der Waals surface area (Å²) >= 11 is 0. The average molecular weight is 382 g/mol. The lowest BCUT2D eigenvalue weighted by Crippen LogP contribution is -2.28. The van der Waals surface area contributed by atoms with E-state index >= 15 is 0 Å². The molecule has 138 valence electrons. The predicted octanol–water partition coefficient (Wildman–Crippen LogP) is 4.70. The number of halogens is 3. The Morgan fingerprint density at radius 2 is 1.92 bits per heavy atom. The van der Waals surface area contributed by atoms with Crippen LogP contribution in [-0.4, -0.2) is 13.9 Å². The first kappa shape index (κ1) is 18.6. The molecule has 1 fully saturated rings. The molecule has 0 aliphatic heterocycles. The summed E-state index contributed by atoms with van der Waals surface area (Å²) in [5, 5.41) is 0.909. The Kier molecular flexibility index (Phi) is 4.65. The summed E-state index contributed by atoms with van der Waals surface area (Å²) in [6.07, 6.45) is 2.52. The fourth-order valence-electron chi connectivity index (χ4n) is 2.73. The molecular formula is C19H17F3O3S. The lowest BCUT2D eigenvalue weighted by atomic mass is 9.97. The maximum Gasteiger partial charge on any atom is 0.534 e. The van der Waals surface area contributed by atoms with Crippen molar-refractivity contribution in [3.05, 3.63) is 41.0 Å². The van der Waals surface area contributed by atoms with Gasteiger partial charge >= 0.3 is 15.6 Å². The number of fused-ring (bicyclic) bond motifs is 1. The van der Waals surface area contributed by atoms with Gasteiger partial charge < -0.3 is 4.18 Å². The van der Waals surface area contributed by atoms with Crippen LogP contribution < -0.4 is 4.18 Å². The van der Waals surface area contributed by atoms with Crippen molar-refractivity contribution in [2.24, 2.45) is 5.92 Å². The van der Waals surface area contributed by atoms with Crippen molar-refractivity contribution in [3.63, 3.8) is 0 Å². The molecule has 3 rings (SSSR count). The van der Waals surface area contributed by atoms with Gasteiger partial charge in [0.2, 0.25) is 0 Å². The molecule has 1 aliphatic rings. The Morgan fingerprint density at radius 3 is 2.50 bits per heavy atom. The van der Waals surface area contributed by atoms with Crippen LogP contribution in [0.5, 0.6) is 5.75 Å². The summed E-state index contributed by atoms with van der Waals surface area (Å²) in [4.78, 5) is 0. The summed E-state index contributed by atoms with van der Waals surface area (Å²) in [6.45, 7) is 3.45. The minimum atomic E-state index is -5.74. The third-order valence-corrected chi connectivity index (χ3v) is 5.20. The van der Waals surface area contributed by atoms with Gasteiger partial charge in [-0.15, -0.1) is 0 Å². The molecule has 0 spiro atoms. The van der Waals surface area contributed by atoms with Crippen LogP contribution in [0.3, 0.4) is 0 Å². The molecule has 2 aromatic rings. The second kappa shape index (κ2) is 6.51. The van der Waals surface area contributed by atoms with E-state index in [0.29, 0.717) is 34.2 Å². The molecule has 3 nitrogen and oxygen atoms in total. The first-order valence-electron chi connectivity index (χ1n) is 8.21. The van der Waals surface area contributed by atoms with Gasteiger partial charge in [-0.05, 0) is 60.9 Å². The van der Waals surface area contributed by atoms with Crippen molar-refractivity contribution in [2.75, 3.05) is 0 Å². The van der Waals surface area contributed by atoms with E-state index in [2.05, 4.69) is 16.0 Å². The number of hydrogen-bond donors (Lipinski definition) is 0. The minimum absolute atomic E-state index is 0.262. The second-order valence-electron chi connectivity index (χ2n) is 6.32. The van der Waals surface area contributed by atoms with Crippen LogP contribution in [0.2, 0.25) is 0 Å². The van der Waals surface area contributed by atoms with Crippen LogP contribution in [0, 0.1) is 24.7 Å². The quantitative estimate of drug-likeness (QED) is 0.439. The molecule has 0 bridgehead atoms. The summed E-state index contributed by atoms with van der Waals surface area (Å²) in [5.74, 6) is 6.33. The SMILES string of the molecule is CCc1c(C)cc2cc(C#CC3CC3)ccc2c1OS(=O)(=O)C(F)(F)F. The maximum atomic E-state index is 12.8. The van der Waals surface area contributed by atoms with Crippen LogP contribution >= 0.6 is 0 Å². The Morgan fingerprint density at radius 1 is 1.23 bits per heavy atom. The Balaban J connectivity index is 2.15. The zero-order chi connectivity index (χ0) is 19.1. The van der Waals surface area contributed by atoms with Crippen LogP contribution in [0.25, 0.3) is 10.8 Å². The Hall–Kier alpha value is -2.20. The number of benzene rings is 2. The van der Waals surface area contributed by atoms with E-state index in [0.717, 1.165) is 18.4 Å². The third-order valence-electron chi connectivity index (χ3n) is 4.25. The van der Waals surface area contributed by atoms with Crippen molar-refractivity contribution in [1.29, 1.82) is 0 Å². The Bertz CT molecular complexity index is 1020. The fraction of sp³-hybridized carbons (Fsp3) is 0.368. The van der Waals surface area contributed by atoms with Crippen molar-refractivity contribution in [1.82, 2.24) is 0 Å². The number of alkyl halides is 3. The van der Waals surface area contributed by atoms with Gasteiger partial charge in [0.25, 0.3) is 0 Å². The van der Waals surface area contributed by atoms with Crippen molar-refractivity contribution in [3.8, 4) is 17.6 Å². The Labute approximate surface area is 150 Å². The maximum absolute atomic E-state index is 12.8.